The van der Waals surface area contributed by atoms with Crippen LogP contribution in [0.5, 0.6) is 0 Å². The van der Waals surface area contributed by atoms with E-state index in [0.29, 0.717) is 39.1 Å². The van der Waals surface area contributed by atoms with Crippen molar-refractivity contribution >= 4 is 5.91 Å². The number of carbonyl (C=O) groups excluding carboxylic acids is 1. The molecule has 2 aliphatic heterocycles. The molecule has 1 unspecified atom stereocenters. The molecule has 0 bridgehead atoms. The Balaban J connectivity index is 1.52. The molecular formula is C12H22N2O4. The summed E-state index contributed by atoms with van der Waals surface area (Å²) in [5.41, 5.74) is 0. The van der Waals surface area contributed by atoms with E-state index in [1.807, 2.05) is 0 Å². The van der Waals surface area contributed by atoms with E-state index in [1.165, 1.54) is 0 Å². The van der Waals surface area contributed by atoms with E-state index in [9.17, 15) is 4.79 Å². The highest BCUT2D eigenvalue weighted by atomic mass is 16.6. The first-order chi connectivity index (χ1) is 8.86. The number of ether oxygens (including phenoxy) is 3. The summed E-state index contributed by atoms with van der Waals surface area (Å²) < 4.78 is 16.2. The zero-order valence-corrected chi connectivity index (χ0v) is 10.7. The zero-order chi connectivity index (χ0) is 12.6. The van der Waals surface area contributed by atoms with Gasteiger partial charge in [0.2, 0.25) is 0 Å². The number of nitrogens with one attached hydrogen (secondary N) is 2. The molecule has 1 amide bonds. The Kier molecular flexibility index (Phi) is 5.86. The van der Waals surface area contributed by atoms with Gasteiger partial charge in [0.25, 0.3) is 5.91 Å². The molecule has 0 aromatic heterocycles. The van der Waals surface area contributed by atoms with Crippen LogP contribution < -0.4 is 10.6 Å². The molecular weight excluding hydrogens is 236 g/mol. The van der Waals surface area contributed by atoms with Gasteiger partial charge in [-0.1, -0.05) is 0 Å². The van der Waals surface area contributed by atoms with Gasteiger partial charge in [-0.2, -0.15) is 0 Å². The van der Waals surface area contributed by atoms with Gasteiger partial charge in [-0.15, -0.1) is 0 Å². The Morgan fingerprint density at radius 1 is 1.33 bits per heavy atom. The Bertz CT molecular complexity index is 250. The molecule has 0 saturated carbocycles. The van der Waals surface area contributed by atoms with E-state index < -0.39 is 6.10 Å². The van der Waals surface area contributed by atoms with Crippen LogP contribution in [0.4, 0.5) is 0 Å². The normalized spacial score (nSPS) is 25.9. The van der Waals surface area contributed by atoms with Gasteiger partial charge in [0.1, 0.15) is 0 Å². The average molecular weight is 258 g/mol. The molecule has 2 fully saturated rings. The Morgan fingerprint density at radius 3 is 2.89 bits per heavy atom. The van der Waals surface area contributed by atoms with Crippen LogP contribution in [0.1, 0.15) is 12.8 Å². The highest BCUT2D eigenvalue weighted by Gasteiger charge is 2.22. The first kappa shape index (κ1) is 13.7. The van der Waals surface area contributed by atoms with Crippen LogP contribution in [0.15, 0.2) is 0 Å². The van der Waals surface area contributed by atoms with Gasteiger partial charge in [-0.05, 0) is 25.9 Å². The molecule has 6 heteroatoms. The topological polar surface area (TPSA) is 68.8 Å². The van der Waals surface area contributed by atoms with Gasteiger partial charge in [0, 0.05) is 6.54 Å². The third-order valence-corrected chi connectivity index (χ3v) is 3.15. The molecule has 18 heavy (non-hydrogen) atoms. The van der Waals surface area contributed by atoms with Crippen molar-refractivity contribution in [2.45, 2.75) is 25.0 Å². The second-order valence-electron chi connectivity index (χ2n) is 4.55. The van der Waals surface area contributed by atoms with Crippen LogP contribution in [0.3, 0.4) is 0 Å². The fourth-order valence-electron chi connectivity index (χ4n) is 2.11. The molecule has 1 atom stereocenters. The molecule has 0 spiro atoms. The zero-order valence-electron chi connectivity index (χ0n) is 10.7. The second kappa shape index (κ2) is 7.68. The summed E-state index contributed by atoms with van der Waals surface area (Å²) in [6.45, 7) is 4.54. The van der Waals surface area contributed by atoms with Crippen molar-refractivity contribution in [2.75, 3.05) is 46.1 Å². The van der Waals surface area contributed by atoms with Gasteiger partial charge in [-0.3, -0.25) is 4.79 Å². The predicted molar refractivity (Wildman–Crippen MR) is 65.4 cm³/mol. The van der Waals surface area contributed by atoms with Gasteiger partial charge >= 0.3 is 0 Å². The largest absolute Gasteiger partial charge is 0.376 e. The van der Waals surface area contributed by atoms with Crippen molar-refractivity contribution < 1.29 is 19.0 Å². The fraction of sp³-hybridized carbons (Fsp3) is 0.917. The van der Waals surface area contributed by atoms with Crippen molar-refractivity contribution in [1.82, 2.24) is 10.6 Å². The summed E-state index contributed by atoms with van der Waals surface area (Å²) in [7, 11) is 0. The van der Waals surface area contributed by atoms with Crippen LogP contribution in [0.2, 0.25) is 0 Å². The first-order valence-corrected chi connectivity index (χ1v) is 6.65. The van der Waals surface area contributed by atoms with Gasteiger partial charge in [-0.25, -0.2) is 0 Å². The number of rotatable bonds is 5. The van der Waals surface area contributed by atoms with Crippen LogP contribution in [0.25, 0.3) is 0 Å². The number of hydrogen-bond acceptors (Lipinski definition) is 5. The standard InChI is InChI=1S/C12H22N2O4/c15-12(11-9-16-7-8-18-11)14-5-6-17-10-1-3-13-4-2-10/h10-11,13H,1-9H2,(H,14,15). The Hall–Kier alpha value is -0.690. The molecule has 2 heterocycles. The third kappa shape index (κ3) is 4.53. The minimum atomic E-state index is -0.461. The van der Waals surface area contributed by atoms with Gasteiger partial charge in [0.15, 0.2) is 6.10 Å². The fourth-order valence-corrected chi connectivity index (χ4v) is 2.11. The van der Waals surface area contributed by atoms with Crippen LogP contribution in [-0.2, 0) is 19.0 Å². The average Bonchev–Trinajstić information content (AvgIpc) is 2.45. The highest BCUT2D eigenvalue weighted by Crippen LogP contribution is 2.06. The minimum Gasteiger partial charge on any atom is -0.376 e. The van der Waals surface area contributed by atoms with E-state index in [2.05, 4.69) is 10.6 Å². The number of amides is 1. The van der Waals surface area contributed by atoms with Crippen molar-refractivity contribution in [1.29, 1.82) is 0 Å². The third-order valence-electron chi connectivity index (χ3n) is 3.15. The summed E-state index contributed by atoms with van der Waals surface area (Å²) in [4.78, 5) is 11.7. The van der Waals surface area contributed by atoms with Crippen molar-refractivity contribution in [3.63, 3.8) is 0 Å². The number of carbonyl (C=O) groups is 1. The lowest BCUT2D eigenvalue weighted by atomic mass is 10.1. The smallest absolute Gasteiger partial charge is 0.251 e. The summed E-state index contributed by atoms with van der Waals surface area (Å²) in [6.07, 6.45) is 1.97. The summed E-state index contributed by atoms with van der Waals surface area (Å²) >= 11 is 0. The molecule has 0 aliphatic carbocycles. The molecule has 2 saturated heterocycles. The van der Waals surface area contributed by atoms with Crippen molar-refractivity contribution in [3.8, 4) is 0 Å². The molecule has 2 aliphatic rings. The lowest BCUT2D eigenvalue weighted by Gasteiger charge is -2.24. The van der Waals surface area contributed by atoms with Gasteiger partial charge in [0.05, 0.1) is 32.5 Å². The summed E-state index contributed by atoms with van der Waals surface area (Å²) in [5, 5.41) is 6.09. The summed E-state index contributed by atoms with van der Waals surface area (Å²) in [5.74, 6) is -0.108. The second-order valence-corrected chi connectivity index (χ2v) is 4.55. The van der Waals surface area contributed by atoms with Crippen LogP contribution in [-0.4, -0.2) is 64.2 Å². The SMILES string of the molecule is O=C(NCCOC1CCNCC1)C1COCCO1. The van der Waals surface area contributed by atoms with E-state index in [-0.39, 0.29) is 5.91 Å². The molecule has 0 aromatic carbocycles. The maximum absolute atomic E-state index is 11.7. The maximum Gasteiger partial charge on any atom is 0.251 e. The maximum atomic E-state index is 11.7. The van der Waals surface area contributed by atoms with Crippen LogP contribution in [0, 0.1) is 0 Å². The van der Waals surface area contributed by atoms with E-state index >= 15 is 0 Å². The van der Waals surface area contributed by atoms with E-state index in [1.54, 1.807) is 0 Å². The van der Waals surface area contributed by atoms with Crippen LogP contribution >= 0.6 is 0 Å². The lowest BCUT2D eigenvalue weighted by Crippen LogP contribution is -2.44. The quantitative estimate of drug-likeness (QED) is 0.637. The monoisotopic (exact) mass is 258 g/mol. The van der Waals surface area contributed by atoms with Crippen molar-refractivity contribution in [3.05, 3.63) is 0 Å². The van der Waals surface area contributed by atoms with E-state index in [0.717, 1.165) is 25.9 Å². The lowest BCUT2D eigenvalue weighted by molar-refractivity contribution is -0.147. The predicted octanol–water partition coefficient (Wildman–Crippen LogP) is -0.713. The number of piperidine rings is 1. The van der Waals surface area contributed by atoms with Gasteiger partial charge < -0.3 is 24.8 Å². The molecule has 104 valence electrons. The van der Waals surface area contributed by atoms with Crippen molar-refractivity contribution in [2.24, 2.45) is 0 Å². The Morgan fingerprint density at radius 2 is 2.17 bits per heavy atom. The molecule has 0 radical (unpaired) electrons. The molecule has 2 rings (SSSR count). The minimum absolute atomic E-state index is 0.108. The Labute approximate surface area is 107 Å². The number of hydrogen-bond donors (Lipinski definition) is 2. The molecule has 6 nitrogen and oxygen atoms in total. The van der Waals surface area contributed by atoms with E-state index in [4.69, 9.17) is 14.2 Å². The molecule has 0 aromatic rings. The summed E-state index contributed by atoms with van der Waals surface area (Å²) in [6, 6.07) is 0. The highest BCUT2D eigenvalue weighted by molar-refractivity contribution is 5.80. The first-order valence-electron chi connectivity index (χ1n) is 6.65. The molecule has 2 N–H and O–H groups in total.